The Bertz CT molecular complexity index is 1380. The van der Waals surface area contributed by atoms with Crippen molar-refractivity contribution in [2.45, 2.75) is 19.6 Å². The van der Waals surface area contributed by atoms with Crippen molar-refractivity contribution in [1.29, 1.82) is 0 Å². The molecule has 176 valence electrons. The van der Waals surface area contributed by atoms with Crippen LogP contribution in [0, 0.1) is 0 Å². The molecule has 5 rings (SSSR count). The molecule has 0 aliphatic carbocycles. The molecule has 0 spiro atoms. The summed E-state index contributed by atoms with van der Waals surface area (Å²) in [5, 5.41) is 1.97. The molecule has 3 heterocycles. The van der Waals surface area contributed by atoms with Gasteiger partial charge in [0.15, 0.2) is 0 Å². The lowest BCUT2D eigenvalue weighted by Crippen LogP contribution is -2.30. The SMILES string of the molecule is COc1ccccc1CN(Cc1cccs1)C(=O)c1ccc2c(c1)C(=O)N(Cc1ccco1)C2=O. The summed E-state index contributed by atoms with van der Waals surface area (Å²) in [5.74, 6) is 0.127. The van der Waals surface area contributed by atoms with E-state index in [0.717, 1.165) is 15.3 Å². The highest BCUT2D eigenvalue weighted by molar-refractivity contribution is 7.09. The van der Waals surface area contributed by atoms with E-state index in [2.05, 4.69) is 0 Å². The monoisotopic (exact) mass is 486 g/mol. The van der Waals surface area contributed by atoms with E-state index in [1.165, 1.54) is 12.3 Å². The van der Waals surface area contributed by atoms with Crippen LogP contribution >= 0.6 is 11.3 Å². The van der Waals surface area contributed by atoms with Crippen molar-refractivity contribution in [2.75, 3.05) is 7.11 Å². The van der Waals surface area contributed by atoms with Crippen molar-refractivity contribution in [2.24, 2.45) is 0 Å². The smallest absolute Gasteiger partial charge is 0.261 e. The molecule has 0 N–H and O–H groups in total. The minimum Gasteiger partial charge on any atom is -0.496 e. The van der Waals surface area contributed by atoms with Crippen molar-refractivity contribution in [3.63, 3.8) is 0 Å². The third kappa shape index (κ3) is 4.48. The Morgan fingerprint density at radius 1 is 0.971 bits per heavy atom. The van der Waals surface area contributed by atoms with Crippen molar-refractivity contribution in [3.8, 4) is 5.75 Å². The Kier molecular flexibility index (Phi) is 6.20. The average Bonchev–Trinajstić information content (AvgIpc) is 3.63. The van der Waals surface area contributed by atoms with E-state index in [1.807, 2.05) is 41.8 Å². The topological polar surface area (TPSA) is 80.1 Å². The maximum Gasteiger partial charge on any atom is 0.261 e. The highest BCUT2D eigenvalue weighted by Crippen LogP contribution is 2.28. The van der Waals surface area contributed by atoms with E-state index in [1.54, 1.807) is 47.6 Å². The molecule has 2 aromatic heterocycles. The summed E-state index contributed by atoms with van der Waals surface area (Å²) in [5.41, 5.74) is 1.72. The first-order valence-electron chi connectivity index (χ1n) is 11.0. The standard InChI is InChI=1S/C27H22N2O5S/c1-33-24-9-3-2-6-19(24)15-28(17-21-8-5-13-35-21)25(30)18-10-11-22-23(14-18)27(32)29(26(22)31)16-20-7-4-12-34-20/h2-14H,15-17H2,1H3. The Morgan fingerprint density at radius 3 is 2.54 bits per heavy atom. The van der Waals surface area contributed by atoms with Gasteiger partial charge in [-0.3, -0.25) is 19.3 Å². The maximum atomic E-state index is 13.7. The number of ether oxygens (including phenoxy) is 1. The van der Waals surface area contributed by atoms with E-state index in [-0.39, 0.29) is 23.6 Å². The number of hydrogen-bond donors (Lipinski definition) is 0. The Balaban J connectivity index is 1.44. The lowest BCUT2D eigenvalue weighted by Gasteiger charge is -2.23. The Morgan fingerprint density at radius 2 is 1.80 bits per heavy atom. The predicted octanol–water partition coefficient (Wildman–Crippen LogP) is 4.99. The normalized spacial score (nSPS) is 12.7. The fourth-order valence-electron chi connectivity index (χ4n) is 4.14. The van der Waals surface area contributed by atoms with Gasteiger partial charge in [0.2, 0.25) is 0 Å². The molecular weight excluding hydrogens is 464 g/mol. The summed E-state index contributed by atoms with van der Waals surface area (Å²) in [6.45, 7) is 0.777. The molecule has 35 heavy (non-hydrogen) atoms. The van der Waals surface area contributed by atoms with Crippen LogP contribution in [0.25, 0.3) is 0 Å². The Labute approximate surface area is 206 Å². The second kappa shape index (κ2) is 9.60. The number of furan rings is 1. The van der Waals surface area contributed by atoms with E-state index >= 15 is 0 Å². The molecule has 1 aliphatic heterocycles. The molecular formula is C27H22N2O5S. The van der Waals surface area contributed by atoms with E-state index < -0.39 is 11.8 Å². The van der Waals surface area contributed by atoms with Crippen molar-refractivity contribution in [3.05, 3.63) is 111 Å². The molecule has 1 aliphatic rings. The third-order valence-corrected chi connectivity index (χ3v) is 6.74. The van der Waals surface area contributed by atoms with Gasteiger partial charge < -0.3 is 14.1 Å². The molecule has 0 unspecified atom stereocenters. The van der Waals surface area contributed by atoms with Crippen LogP contribution in [0.15, 0.2) is 82.8 Å². The minimum absolute atomic E-state index is 0.0426. The minimum atomic E-state index is -0.439. The van der Waals surface area contributed by atoms with Crippen LogP contribution in [0.4, 0.5) is 0 Å². The molecule has 8 heteroatoms. The van der Waals surface area contributed by atoms with Crippen molar-refractivity contribution in [1.82, 2.24) is 9.80 Å². The van der Waals surface area contributed by atoms with Gasteiger partial charge >= 0.3 is 0 Å². The summed E-state index contributed by atoms with van der Waals surface area (Å²) < 4.78 is 10.8. The molecule has 0 atom stereocenters. The van der Waals surface area contributed by atoms with Gasteiger partial charge in [-0.25, -0.2) is 0 Å². The molecule has 0 radical (unpaired) electrons. The van der Waals surface area contributed by atoms with Gasteiger partial charge in [0.05, 0.1) is 44.1 Å². The molecule has 7 nitrogen and oxygen atoms in total. The van der Waals surface area contributed by atoms with Gasteiger partial charge in [0.1, 0.15) is 11.5 Å². The van der Waals surface area contributed by atoms with Crippen LogP contribution in [-0.2, 0) is 19.6 Å². The average molecular weight is 487 g/mol. The molecule has 2 aromatic carbocycles. The molecule has 0 saturated carbocycles. The van der Waals surface area contributed by atoms with Crippen LogP contribution in [0.1, 0.15) is 47.3 Å². The van der Waals surface area contributed by atoms with E-state index in [9.17, 15) is 14.4 Å². The summed E-state index contributed by atoms with van der Waals surface area (Å²) in [6.07, 6.45) is 1.49. The highest BCUT2D eigenvalue weighted by atomic mass is 32.1. The molecule has 0 bridgehead atoms. The fraction of sp³-hybridized carbons (Fsp3) is 0.148. The number of fused-ring (bicyclic) bond motifs is 1. The van der Waals surface area contributed by atoms with Gasteiger partial charge in [-0.1, -0.05) is 24.3 Å². The predicted molar refractivity (Wildman–Crippen MR) is 130 cm³/mol. The summed E-state index contributed by atoms with van der Waals surface area (Å²) in [7, 11) is 1.60. The van der Waals surface area contributed by atoms with Gasteiger partial charge in [-0.2, -0.15) is 0 Å². The number of amides is 3. The van der Waals surface area contributed by atoms with Crippen molar-refractivity contribution >= 4 is 29.1 Å². The first-order valence-corrected chi connectivity index (χ1v) is 11.9. The molecule has 4 aromatic rings. The second-order valence-electron chi connectivity index (χ2n) is 8.09. The molecule has 0 fully saturated rings. The first kappa shape index (κ1) is 22.6. The van der Waals surface area contributed by atoms with Crippen LogP contribution < -0.4 is 4.74 Å². The second-order valence-corrected chi connectivity index (χ2v) is 9.12. The van der Waals surface area contributed by atoms with E-state index in [4.69, 9.17) is 9.15 Å². The van der Waals surface area contributed by atoms with Gasteiger partial charge in [-0.05, 0) is 47.8 Å². The van der Waals surface area contributed by atoms with Gasteiger partial charge in [0, 0.05) is 16.0 Å². The number of methoxy groups -OCH3 is 1. The first-order chi connectivity index (χ1) is 17.0. The van der Waals surface area contributed by atoms with Gasteiger partial charge in [-0.15, -0.1) is 11.3 Å². The number of imide groups is 1. The number of hydrogen-bond acceptors (Lipinski definition) is 6. The third-order valence-electron chi connectivity index (χ3n) is 5.88. The fourth-order valence-corrected chi connectivity index (χ4v) is 4.86. The number of para-hydroxylation sites is 1. The number of benzene rings is 2. The Hall–Kier alpha value is -4.17. The van der Waals surface area contributed by atoms with Crippen molar-refractivity contribution < 1.29 is 23.5 Å². The largest absolute Gasteiger partial charge is 0.496 e. The number of carbonyl (C=O) groups is 3. The van der Waals surface area contributed by atoms with Crippen LogP contribution in [0.5, 0.6) is 5.75 Å². The quantitative estimate of drug-likeness (QED) is 0.328. The number of carbonyl (C=O) groups excluding carboxylic acids is 3. The number of thiophene rings is 1. The van der Waals surface area contributed by atoms with Crippen LogP contribution in [-0.4, -0.2) is 34.6 Å². The maximum absolute atomic E-state index is 13.7. The number of nitrogens with zero attached hydrogens (tertiary/aromatic N) is 2. The number of rotatable bonds is 8. The van der Waals surface area contributed by atoms with Gasteiger partial charge in [0.25, 0.3) is 17.7 Å². The lowest BCUT2D eigenvalue weighted by molar-refractivity contribution is 0.0631. The molecule has 0 saturated heterocycles. The summed E-state index contributed by atoms with van der Waals surface area (Å²) in [4.78, 5) is 43.4. The van der Waals surface area contributed by atoms with Crippen LogP contribution in [0.3, 0.4) is 0 Å². The zero-order chi connectivity index (χ0) is 24.4. The lowest BCUT2D eigenvalue weighted by atomic mass is 10.0. The molecule has 3 amide bonds. The van der Waals surface area contributed by atoms with Crippen LogP contribution in [0.2, 0.25) is 0 Å². The summed E-state index contributed by atoms with van der Waals surface area (Å²) >= 11 is 1.57. The zero-order valence-corrected chi connectivity index (χ0v) is 19.8. The van der Waals surface area contributed by atoms with E-state index in [0.29, 0.717) is 30.2 Å². The zero-order valence-electron chi connectivity index (χ0n) is 19.0. The highest BCUT2D eigenvalue weighted by Gasteiger charge is 2.36. The summed E-state index contributed by atoms with van der Waals surface area (Å²) in [6, 6.07) is 19.6.